The maximum absolute atomic E-state index is 12.0. The lowest BCUT2D eigenvalue weighted by atomic mass is 9.96. The number of ether oxygens (including phenoxy) is 1. The second-order valence-corrected chi connectivity index (χ2v) is 5.03. The maximum Gasteiger partial charge on any atom is 0.162 e. The Morgan fingerprint density at radius 1 is 1.27 bits per heavy atom. The van der Waals surface area contributed by atoms with Gasteiger partial charge >= 0.3 is 0 Å². The third-order valence-electron chi connectivity index (χ3n) is 3.68. The van der Waals surface area contributed by atoms with Crippen molar-refractivity contribution in [3.63, 3.8) is 0 Å². The number of Topliss-reactive ketones (excluding diaryl/α,β-unsaturated/α-hetero) is 1. The van der Waals surface area contributed by atoms with Gasteiger partial charge in [0.05, 0.1) is 0 Å². The normalized spacial score (nSPS) is 24.3. The van der Waals surface area contributed by atoms with Crippen LogP contribution >= 0.6 is 0 Å². The fourth-order valence-corrected chi connectivity index (χ4v) is 2.69. The van der Waals surface area contributed by atoms with Gasteiger partial charge in [-0.2, -0.15) is 0 Å². The van der Waals surface area contributed by atoms with E-state index in [1.54, 1.807) is 0 Å². The molecule has 2 fully saturated rings. The van der Waals surface area contributed by atoms with E-state index in [1.165, 1.54) is 38.5 Å². The average Bonchev–Trinajstić information content (AvgIpc) is 2.93. The van der Waals surface area contributed by atoms with Crippen molar-refractivity contribution in [1.29, 1.82) is 0 Å². The highest BCUT2D eigenvalue weighted by molar-refractivity contribution is 5.84. The molecule has 1 atom stereocenters. The van der Waals surface area contributed by atoms with Gasteiger partial charge < -0.3 is 4.74 Å². The smallest absolute Gasteiger partial charge is 0.162 e. The lowest BCUT2D eigenvalue weighted by Gasteiger charge is -2.17. The summed E-state index contributed by atoms with van der Waals surface area (Å²) in [4.78, 5) is 12.0. The molecule has 2 nitrogen and oxygen atoms in total. The minimum Gasteiger partial charge on any atom is -0.370 e. The number of rotatable bonds is 6. The summed E-state index contributed by atoms with van der Waals surface area (Å²) >= 11 is 0. The molecule has 0 radical (unpaired) electrons. The Bertz CT molecular complexity index is 215. The van der Waals surface area contributed by atoms with Crippen LogP contribution in [0.2, 0.25) is 0 Å². The first-order valence-electron chi connectivity index (χ1n) is 6.45. The minimum atomic E-state index is -0.0596. The van der Waals surface area contributed by atoms with Crippen molar-refractivity contribution < 1.29 is 9.53 Å². The Morgan fingerprint density at radius 3 is 2.47 bits per heavy atom. The molecule has 2 aliphatic rings. The third kappa shape index (κ3) is 3.04. The predicted octanol–water partition coefficient (Wildman–Crippen LogP) is 2.95. The molecule has 0 aromatic carbocycles. The van der Waals surface area contributed by atoms with Crippen molar-refractivity contribution in [2.45, 2.75) is 58.0 Å². The summed E-state index contributed by atoms with van der Waals surface area (Å²) in [6.07, 6.45) is 8.27. The van der Waals surface area contributed by atoms with Crippen molar-refractivity contribution in [3.8, 4) is 0 Å². The molecule has 0 spiro atoms. The Morgan fingerprint density at radius 2 is 1.93 bits per heavy atom. The number of hydrogen-bond donors (Lipinski definition) is 0. The van der Waals surface area contributed by atoms with E-state index in [2.05, 4.69) is 0 Å². The van der Waals surface area contributed by atoms with Crippen LogP contribution < -0.4 is 0 Å². The Labute approximate surface area is 92.4 Å². The highest BCUT2D eigenvalue weighted by Gasteiger charge is 2.37. The lowest BCUT2D eigenvalue weighted by Crippen LogP contribution is -2.28. The van der Waals surface area contributed by atoms with Gasteiger partial charge in [-0.1, -0.05) is 25.7 Å². The first kappa shape index (κ1) is 11.1. The number of carbonyl (C=O) groups excluding carboxylic acids is 1. The molecular weight excluding hydrogens is 188 g/mol. The highest BCUT2D eigenvalue weighted by atomic mass is 16.5. The fraction of sp³-hybridized carbons (Fsp3) is 0.923. The van der Waals surface area contributed by atoms with Gasteiger partial charge in [-0.3, -0.25) is 4.79 Å². The van der Waals surface area contributed by atoms with E-state index in [1.807, 2.05) is 6.92 Å². The van der Waals surface area contributed by atoms with Crippen molar-refractivity contribution >= 4 is 5.78 Å². The molecule has 0 aliphatic heterocycles. The van der Waals surface area contributed by atoms with Crippen LogP contribution in [0.3, 0.4) is 0 Å². The summed E-state index contributed by atoms with van der Waals surface area (Å²) < 4.78 is 5.59. The van der Waals surface area contributed by atoms with Crippen LogP contribution in [-0.4, -0.2) is 18.5 Å². The first-order chi connectivity index (χ1) is 7.31. The molecule has 86 valence electrons. The fourth-order valence-electron chi connectivity index (χ4n) is 2.69. The van der Waals surface area contributed by atoms with E-state index in [0.29, 0.717) is 24.2 Å². The second-order valence-electron chi connectivity index (χ2n) is 5.03. The van der Waals surface area contributed by atoms with Gasteiger partial charge in [0.1, 0.15) is 6.10 Å². The topological polar surface area (TPSA) is 26.3 Å². The number of ketones is 1. The average molecular weight is 210 g/mol. The zero-order valence-corrected chi connectivity index (χ0v) is 9.71. The van der Waals surface area contributed by atoms with Gasteiger partial charge in [0.15, 0.2) is 5.78 Å². The molecule has 2 rings (SSSR count). The second kappa shape index (κ2) is 5.11. The molecule has 0 saturated heterocycles. The summed E-state index contributed by atoms with van der Waals surface area (Å²) in [5.74, 6) is 1.60. The van der Waals surface area contributed by atoms with Crippen LogP contribution in [0, 0.1) is 11.8 Å². The highest BCUT2D eigenvalue weighted by Crippen LogP contribution is 2.37. The summed E-state index contributed by atoms with van der Waals surface area (Å²) in [5, 5.41) is 0. The molecule has 0 bridgehead atoms. The number of carbonyl (C=O) groups is 1. The van der Waals surface area contributed by atoms with E-state index in [-0.39, 0.29) is 6.10 Å². The quantitative estimate of drug-likeness (QED) is 0.673. The van der Waals surface area contributed by atoms with Gasteiger partial charge in [0.25, 0.3) is 0 Å². The van der Waals surface area contributed by atoms with E-state index in [4.69, 9.17) is 4.74 Å². The van der Waals surface area contributed by atoms with Crippen LogP contribution in [0.4, 0.5) is 0 Å². The molecular formula is C13H22O2. The van der Waals surface area contributed by atoms with Crippen molar-refractivity contribution in [2.24, 2.45) is 11.8 Å². The molecule has 2 aliphatic carbocycles. The first-order valence-corrected chi connectivity index (χ1v) is 6.45. The molecule has 0 heterocycles. The third-order valence-corrected chi connectivity index (χ3v) is 3.68. The Kier molecular flexibility index (Phi) is 3.79. The van der Waals surface area contributed by atoms with E-state index < -0.39 is 0 Å². The van der Waals surface area contributed by atoms with Gasteiger partial charge in [-0.25, -0.2) is 0 Å². The van der Waals surface area contributed by atoms with Crippen LogP contribution in [0.5, 0.6) is 0 Å². The molecule has 15 heavy (non-hydrogen) atoms. The summed E-state index contributed by atoms with van der Waals surface area (Å²) in [6, 6.07) is 0. The summed E-state index contributed by atoms with van der Waals surface area (Å²) in [5.41, 5.74) is 0. The van der Waals surface area contributed by atoms with Gasteiger partial charge in [0.2, 0.25) is 0 Å². The molecule has 0 N–H and O–H groups in total. The Balaban J connectivity index is 1.80. The molecule has 2 heteroatoms. The van der Waals surface area contributed by atoms with Gasteiger partial charge in [-0.15, -0.1) is 0 Å². The molecule has 2 saturated carbocycles. The zero-order chi connectivity index (χ0) is 10.7. The van der Waals surface area contributed by atoms with E-state index >= 15 is 0 Å². The SMILES string of the molecule is CCOC(C(=O)CC1CCCC1)C1CC1. The summed E-state index contributed by atoms with van der Waals surface area (Å²) in [6.45, 7) is 2.66. The van der Waals surface area contributed by atoms with Crippen molar-refractivity contribution in [3.05, 3.63) is 0 Å². The summed E-state index contributed by atoms with van der Waals surface area (Å²) in [7, 11) is 0. The maximum atomic E-state index is 12.0. The lowest BCUT2D eigenvalue weighted by molar-refractivity contribution is -0.132. The van der Waals surface area contributed by atoms with Crippen molar-refractivity contribution in [1.82, 2.24) is 0 Å². The molecule has 1 unspecified atom stereocenters. The zero-order valence-electron chi connectivity index (χ0n) is 9.71. The molecule has 0 amide bonds. The monoisotopic (exact) mass is 210 g/mol. The van der Waals surface area contributed by atoms with Crippen LogP contribution in [0.15, 0.2) is 0 Å². The predicted molar refractivity (Wildman–Crippen MR) is 59.7 cm³/mol. The molecule has 0 aromatic rings. The van der Waals surface area contributed by atoms with Gasteiger partial charge in [0, 0.05) is 13.0 Å². The number of hydrogen-bond acceptors (Lipinski definition) is 2. The van der Waals surface area contributed by atoms with Gasteiger partial charge in [-0.05, 0) is 31.6 Å². The van der Waals surface area contributed by atoms with Crippen LogP contribution in [0.1, 0.15) is 51.9 Å². The minimum absolute atomic E-state index is 0.0596. The standard InChI is InChI=1S/C13H22O2/c1-2-15-13(11-7-8-11)12(14)9-10-5-3-4-6-10/h10-11,13H,2-9H2,1H3. The van der Waals surface area contributed by atoms with Crippen LogP contribution in [-0.2, 0) is 9.53 Å². The van der Waals surface area contributed by atoms with Crippen LogP contribution in [0.25, 0.3) is 0 Å². The largest absolute Gasteiger partial charge is 0.370 e. The Hall–Kier alpha value is -0.370. The van der Waals surface area contributed by atoms with Crippen molar-refractivity contribution in [2.75, 3.05) is 6.61 Å². The van der Waals surface area contributed by atoms with E-state index in [9.17, 15) is 4.79 Å². The van der Waals surface area contributed by atoms with E-state index in [0.717, 1.165) is 6.42 Å². The molecule has 0 aromatic heterocycles.